The van der Waals surface area contributed by atoms with Crippen LogP contribution in [-0.2, 0) is 6.54 Å². The highest BCUT2D eigenvalue weighted by molar-refractivity contribution is 6.31. The number of nitrogens with zero attached hydrogens (tertiary/aromatic N) is 5. The van der Waals surface area contributed by atoms with Crippen LogP contribution in [0.2, 0.25) is 5.02 Å². The molecule has 3 aliphatic rings. The number of anilines is 2. The van der Waals surface area contributed by atoms with Gasteiger partial charge >= 0.3 is 0 Å². The fourth-order valence-electron chi connectivity index (χ4n) is 6.91. The number of nitrogens with one attached hydrogen (secondary N) is 1. The molecule has 7 nitrogen and oxygen atoms in total. The second-order valence-electron chi connectivity index (χ2n) is 12.5. The molecule has 0 bridgehead atoms. The van der Waals surface area contributed by atoms with Crippen LogP contribution in [0, 0.1) is 11.7 Å². The molecule has 46 heavy (non-hydrogen) atoms. The van der Waals surface area contributed by atoms with E-state index < -0.39 is 0 Å². The first kappa shape index (κ1) is 30.5. The lowest BCUT2D eigenvalue weighted by molar-refractivity contribution is 0.0684. The average Bonchev–Trinajstić information content (AvgIpc) is 3.55. The lowest BCUT2D eigenvalue weighted by atomic mass is 9.92. The summed E-state index contributed by atoms with van der Waals surface area (Å²) in [5, 5.41) is 3.82. The molecule has 0 atom stereocenters. The molecule has 0 aliphatic carbocycles. The van der Waals surface area contributed by atoms with Crippen molar-refractivity contribution in [2.45, 2.75) is 45.1 Å². The Morgan fingerprint density at radius 1 is 0.935 bits per heavy atom. The second-order valence-corrected chi connectivity index (χ2v) is 13.0. The van der Waals surface area contributed by atoms with Crippen LogP contribution in [0.4, 0.5) is 16.0 Å². The number of amides is 1. The molecule has 4 aromatic rings. The molecule has 7 rings (SSSR count). The minimum absolute atomic E-state index is 0.0873. The first-order valence-corrected chi connectivity index (χ1v) is 16.7. The zero-order chi connectivity index (χ0) is 31.5. The van der Waals surface area contributed by atoms with Gasteiger partial charge < -0.3 is 15.1 Å². The minimum atomic E-state index is -0.346. The molecule has 3 aliphatic heterocycles. The number of piperidine rings is 1. The molecule has 3 aromatic carbocycles. The van der Waals surface area contributed by atoms with Gasteiger partial charge in [-0.2, -0.15) is 0 Å². The highest BCUT2D eigenvalue weighted by atomic mass is 35.5. The molecule has 0 spiro atoms. The maximum atomic E-state index is 14.8. The molecule has 2 saturated heterocycles. The van der Waals surface area contributed by atoms with E-state index in [2.05, 4.69) is 15.2 Å². The standard InChI is InChI=1S/C37H38ClFN6O/c38-28-11-14-30-32(22-28)35(31-7-1-2-8-33(31)39)40-23-27-24-41-37(43-34(27)30)42-29-12-9-26(10-13-29)36(46)45-20-15-25(16-21-45)6-5-19-44-17-3-4-18-44/h1-2,7-14,22,24-25H,3-6,15-21,23H2,(H,41,42,43). The fourth-order valence-corrected chi connectivity index (χ4v) is 7.08. The van der Waals surface area contributed by atoms with Crippen LogP contribution < -0.4 is 5.32 Å². The van der Waals surface area contributed by atoms with Crippen LogP contribution in [0.25, 0.3) is 11.3 Å². The molecule has 1 aromatic heterocycles. The number of hydrogen-bond acceptors (Lipinski definition) is 6. The van der Waals surface area contributed by atoms with E-state index >= 15 is 0 Å². The van der Waals surface area contributed by atoms with Crippen molar-refractivity contribution in [3.8, 4) is 11.3 Å². The number of rotatable bonds is 8. The number of carbonyl (C=O) groups excluding carboxylic acids is 1. The van der Waals surface area contributed by atoms with Gasteiger partial charge in [0.25, 0.3) is 5.91 Å². The molecule has 2 fully saturated rings. The molecule has 0 radical (unpaired) electrons. The average molecular weight is 637 g/mol. The summed E-state index contributed by atoms with van der Waals surface area (Å²) >= 11 is 6.40. The van der Waals surface area contributed by atoms with Crippen molar-refractivity contribution < 1.29 is 9.18 Å². The molecule has 236 valence electrons. The third-order valence-corrected chi connectivity index (χ3v) is 9.70. The van der Waals surface area contributed by atoms with Crippen LogP contribution >= 0.6 is 11.6 Å². The van der Waals surface area contributed by atoms with Gasteiger partial charge in [0.2, 0.25) is 5.95 Å². The molecule has 0 saturated carbocycles. The second kappa shape index (κ2) is 13.7. The summed E-state index contributed by atoms with van der Waals surface area (Å²) in [5.41, 5.74) is 5.48. The molecule has 0 unspecified atom stereocenters. The Morgan fingerprint density at radius 3 is 2.50 bits per heavy atom. The van der Waals surface area contributed by atoms with Crippen LogP contribution in [0.15, 0.2) is 77.9 Å². The van der Waals surface area contributed by atoms with Gasteiger partial charge in [-0.15, -0.1) is 0 Å². The normalized spacial score (nSPS) is 16.8. The van der Waals surface area contributed by atoms with Gasteiger partial charge in [0, 0.05) is 57.8 Å². The lowest BCUT2D eigenvalue weighted by Gasteiger charge is -2.32. The van der Waals surface area contributed by atoms with E-state index in [0.717, 1.165) is 54.2 Å². The van der Waals surface area contributed by atoms with Gasteiger partial charge in [-0.1, -0.05) is 29.8 Å². The summed E-state index contributed by atoms with van der Waals surface area (Å²) in [6, 6.07) is 19.6. The van der Waals surface area contributed by atoms with Gasteiger partial charge in [-0.05, 0) is 113 Å². The highest BCUT2D eigenvalue weighted by Gasteiger charge is 2.25. The quantitative estimate of drug-likeness (QED) is 0.214. The van der Waals surface area contributed by atoms with E-state index in [-0.39, 0.29) is 11.7 Å². The first-order valence-electron chi connectivity index (χ1n) is 16.4. The summed E-state index contributed by atoms with van der Waals surface area (Å²) in [7, 11) is 0. The smallest absolute Gasteiger partial charge is 0.253 e. The van der Waals surface area contributed by atoms with Crippen LogP contribution in [0.3, 0.4) is 0 Å². The Bertz CT molecular complexity index is 1750. The number of hydrogen-bond donors (Lipinski definition) is 1. The Morgan fingerprint density at radius 2 is 1.72 bits per heavy atom. The summed E-state index contributed by atoms with van der Waals surface area (Å²) in [5.74, 6) is 0.881. The van der Waals surface area contributed by atoms with E-state index in [1.54, 1.807) is 36.5 Å². The minimum Gasteiger partial charge on any atom is -0.339 e. The van der Waals surface area contributed by atoms with Crippen LogP contribution in [0.1, 0.15) is 65.6 Å². The van der Waals surface area contributed by atoms with Crippen molar-refractivity contribution in [2.24, 2.45) is 10.9 Å². The molecule has 4 heterocycles. The zero-order valence-corrected chi connectivity index (χ0v) is 26.6. The van der Waals surface area contributed by atoms with Crippen molar-refractivity contribution >= 4 is 34.9 Å². The number of aromatic nitrogens is 2. The number of halogens is 2. The predicted molar refractivity (Wildman–Crippen MR) is 181 cm³/mol. The SMILES string of the molecule is O=C(c1ccc(Nc2ncc3c(n2)-c2ccc(Cl)cc2C(c2ccccc2F)=NC3)cc1)N1CCC(CCCN2CCCC2)CC1. The number of aliphatic imine (C=N–C) groups is 1. The van der Waals surface area contributed by atoms with Crippen LogP contribution in [-0.4, -0.2) is 64.1 Å². The fraction of sp³-hybridized carbons (Fsp3) is 0.351. The van der Waals surface area contributed by atoms with Crippen molar-refractivity contribution in [1.29, 1.82) is 0 Å². The lowest BCUT2D eigenvalue weighted by Crippen LogP contribution is -2.38. The third-order valence-electron chi connectivity index (χ3n) is 9.47. The molecular formula is C37H38ClFN6O. The predicted octanol–water partition coefficient (Wildman–Crippen LogP) is 7.76. The summed E-state index contributed by atoms with van der Waals surface area (Å²) in [4.78, 5) is 32.0. The number of benzene rings is 3. The number of fused-ring (bicyclic) bond motifs is 3. The van der Waals surface area contributed by atoms with E-state index in [1.807, 2.05) is 35.2 Å². The number of carbonyl (C=O) groups is 1. The monoisotopic (exact) mass is 636 g/mol. The highest BCUT2D eigenvalue weighted by Crippen LogP contribution is 2.34. The van der Waals surface area contributed by atoms with Gasteiger partial charge in [-0.25, -0.2) is 14.4 Å². The Hall–Kier alpha value is -4.14. The Kier molecular flexibility index (Phi) is 9.08. The summed E-state index contributed by atoms with van der Waals surface area (Å²) in [6.07, 6.45) is 9.16. The van der Waals surface area contributed by atoms with Crippen molar-refractivity contribution in [3.63, 3.8) is 0 Å². The van der Waals surface area contributed by atoms with Crippen molar-refractivity contribution in [3.05, 3.63) is 106 Å². The van der Waals surface area contributed by atoms with Crippen LogP contribution in [0.5, 0.6) is 0 Å². The van der Waals surface area contributed by atoms with E-state index in [1.165, 1.54) is 51.4 Å². The van der Waals surface area contributed by atoms with E-state index in [0.29, 0.717) is 40.0 Å². The van der Waals surface area contributed by atoms with E-state index in [9.17, 15) is 9.18 Å². The van der Waals surface area contributed by atoms with Gasteiger partial charge in [-0.3, -0.25) is 9.79 Å². The largest absolute Gasteiger partial charge is 0.339 e. The van der Waals surface area contributed by atoms with E-state index in [4.69, 9.17) is 21.6 Å². The van der Waals surface area contributed by atoms with Crippen molar-refractivity contribution in [1.82, 2.24) is 19.8 Å². The molecule has 1 amide bonds. The number of likely N-dealkylation sites (tertiary alicyclic amines) is 2. The Labute approximate surface area is 274 Å². The Balaban J connectivity index is 1.01. The summed E-state index contributed by atoms with van der Waals surface area (Å²) in [6.45, 7) is 5.71. The first-order chi connectivity index (χ1) is 22.5. The van der Waals surface area contributed by atoms with Gasteiger partial charge in [0.1, 0.15) is 5.82 Å². The topological polar surface area (TPSA) is 73.7 Å². The van der Waals surface area contributed by atoms with Gasteiger partial charge in [0.15, 0.2) is 0 Å². The zero-order valence-electron chi connectivity index (χ0n) is 25.9. The maximum absolute atomic E-state index is 14.8. The molecule has 1 N–H and O–H groups in total. The third kappa shape index (κ3) is 6.69. The maximum Gasteiger partial charge on any atom is 0.253 e. The van der Waals surface area contributed by atoms with Crippen molar-refractivity contribution in [2.75, 3.05) is 38.0 Å². The van der Waals surface area contributed by atoms with Gasteiger partial charge in [0.05, 0.1) is 18.0 Å². The summed E-state index contributed by atoms with van der Waals surface area (Å²) < 4.78 is 14.8. The molecular weight excluding hydrogens is 599 g/mol. The molecule has 9 heteroatoms.